The third-order valence-electron chi connectivity index (χ3n) is 3.47. The van der Waals surface area contributed by atoms with Crippen LogP contribution in [0.15, 0.2) is 18.2 Å². The zero-order valence-electron chi connectivity index (χ0n) is 10.6. The molecule has 0 spiro atoms. The van der Waals surface area contributed by atoms with Gasteiger partial charge >= 0.3 is 6.18 Å². The molecular weight excluding hydrogens is 260 g/mol. The van der Waals surface area contributed by atoms with Crippen molar-refractivity contribution < 1.29 is 17.6 Å². The van der Waals surface area contributed by atoms with Crippen LogP contribution in [0, 0.1) is 5.82 Å². The maximum Gasteiger partial charge on any atom is 0.416 e. The maximum atomic E-state index is 13.3. The first kappa shape index (κ1) is 14.3. The molecule has 1 atom stereocenters. The lowest BCUT2D eigenvalue weighted by Gasteiger charge is -2.34. The predicted molar refractivity (Wildman–Crippen MR) is 64.3 cm³/mol. The van der Waals surface area contributed by atoms with E-state index in [4.69, 9.17) is 0 Å². The number of piperazine rings is 1. The van der Waals surface area contributed by atoms with Crippen molar-refractivity contribution in [2.24, 2.45) is 0 Å². The van der Waals surface area contributed by atoms with Gasteiger partial charge in [0.2, 0.25) is 0 Å². The first-order valence-corrected chi connectivity index (χ1v) is 6.21. The molecule has 1 aliphatic heterocycles. The Morgan fingerprint density at radius 2 is 1.84 bits per heavy atom. The molecule has 0 unspecified atom stereocenters. The van der Waals surface area contributed by atoms with Crippen LogP contribution in [0.3, 0.4) is 0 Å². The van der Waals surface area contributed by atoms with Gasteiger partial charge in [-0.15, -0.1) is 0 Å². The monoisotopic (exact) mass is 276 g/mol. The third kappa shape index (κ3) is 3.25. The molecule has 1 heterocycles. The molecule has 1 saturated heterocycles. The summed E-state index contributed by atoms with van der Waals surface area (Å²) in [5, 5.41) is 3.14. The van der Waals surface area contributed by atoms with Crippen LogP contribution in [-0.4, -0.2) is 31.1 Å². The normalized spacial score (nSPS) is 19.4. The van der Waals surface area contributed by atoms with Crippen molar-refractivity contribution in [3.8, 4) is 0 Å². The molecule has 1 aromatic carbocycles. The fourth-order valence-corrected chi connectivity index (χ4v) is 2.40. The SMILES string of the molecule is C[C@H](c1cc(F)ccc1C(F)(F)F)N1CCNCC1. The molecule has 0 aromatic heterocycles. The third-order valence-corrected chi connectivity index (χ3v) is 3.47. The van der Waals surface area contributed by atoms with Gasteiger partial charge in [-0.25, -0.2) is 4.39 Å². The highest BCUT2D eigenvalue weighted by atomic mass is 19.4. The first-order chi connectivity index (χ1) is 8.89. The Morgan fingerprint density at radius 3 is 2.42 bits per heavy atom. The quantitative estimate of drug-likeness (QED) is 0.836. The highest BCUT2D eigenvalue weighted by Gasteiger charge is 2.35. The van der Waals surface area contributed by atoms with Gasteiger partial charge in [-0.3, -0.25) is 4.90 Å². The van der Waals surface area contributed by atoms with E-state index in [1.165, 1.54) is 0 Å². The number of nitrogens with zero attached hydrogens (tertiary/aromatic N) is 1. The fourth-order valence-electron chi connectivity index (χ4n) is 2.40. The van der Waals surface area contributed by atoms with Crippen molar-refractivity contribution in [2.75, 3.05) is 26.2 Å². The van der Waals surface area contributed by atoms with E-state index < -0.39 is 23.6 Å². The average Bonchev–Trinajstić information content (AvgIpc) is 2.37. The lowest BCUT2D eigenvalue weighted by Crippen LogP contribution is -2.44. The van der Waals surface area contributed by atoms with Crippen LogP contribution in [0.5, 0.6) is 0 Å². The van der Waals surface area contributed by atoms with Gasteiger partial charge < -0.3 is 5.32 Å². The summed E-state index contributed by atoms with van der Waals surface area (Å²) in [6, 6.07) is 2.23. The number of benzene rings is 1. The Morgan fingerprint density at radius 1 is 1.21 bits per heavy atom. The molecule has 0 saturated carbocycles. The lowest BCUT2D eigenvalue weighted by atomic mass is 9.99. The zero-order valence-corrected chi connectivity index (χ0v) is 10.6. The molecule has 1 N–H and O–H groups in total. The number of alkyl halides is 3. The van der Waals surface area contributed by atoms with Crippen LogP contribution in [0.25, 0.3) is 0 Å². The molecule has 1 aromatic rings. The van der Waals surface area contributed by atoms with E-state index >= 15 is 0 Å². The molecule has 0 amide bonds. The Kier molecular flexibility index (Phi) is 4.10. The van der Waals surface area contributed by atoms with Crippen molar-refractivity contribution in [1.29, 1.82) is 0 Å². The largest absolute Gasteiger partial charge is 0.416 e. The first-order valence-electron chi connectivity index (χ1n) is 6.21. The molecule has 6 heteroatoms. The van der Waals surface area contributed by atoms with Crippen LogP contribution in [-0.2, 0) is 6.18 Å². The van der Waals surface area contributed by atoms with Crippen LogP contribution in [0.4, 0.5) is 17.6 Å². The Balaban J connectivity index is 2.33. The minimum absolute atomic E-state index is 0.00870. The predicted octanol–water partition coefficient (Wildman–Crippen LogP) is 2.81. The summed E-state index contributed by atoms with van der Waals surface area (Å²) in [5.74, 6) is -0.634. The van der Waals surface area contributed by atoms with Crippen molar-refractivity contribution in [2.45, 2.75) is 19.1 Å². The van der Waals surface area contributed by atoms with Gasteiger partial charge in [0.1, 0.15) is 5.82 Å². The zero-order chi connectivity index (χ0) is 14.0. The van der Waals surface area contributed by atoms with Crippen molar-refractivity contribution in [3.05, 3.63) is 35.1 Å². The van der Waals surface area contributed by atoms with Crippen molar-refractivity contribution in [3.63, 3.8) is 0 Å². The minimum atomic E-state index is -4.45. The van der Waals surface area contributed by atoms with E-state index in [-0.39, 0.29) is 5.56 Å². The number of halogens is 4. The van der Waals surface area contributed by atoms with Gasteiger partial charge in [0.15, 0.2) is 0 Å². The highest BCUT2D eigenvalue weighted by Crippen LogP contribution is 2.36. The molecule has 106 valence electrons. The summed E-state index contributed by atoms with van der Waals surface area (Å²) in [4.78, 5) is 1.93. The van der Waals surface area contributed by atoms with Crippen molar-refractivity contribution in [1.82, 2.24) is 10.2 Å². The van der Waals surface area contributed by atoms with Gasteiger partial charge in [0, 0.05) is 32.2 Å². The second kappa shape index (κ2) is 5.46. The van der Waals surface area contributed by atoms with Crippen molar-refractivity contribution >= 4 is 0 Å². The Labute approximate surface area is 109 Å². The summed E-state index contributed by atoms with van der Waals surface area (Å²) < 4.78 is 52.1. The fraction of sp³-hybridized carbons (Fsp3) is 0.538. The Hall–Kier alpha value is -1.14. The van der Waals surface area contributed by atoms with Gasteiger partial charge in [-0.1, -0.05) is 0 Å². The Bertz CT molecular complexity index is 439. The van der Waals surface area contributed by atoms with Gasteiger partial charge in [0.25, 0.3) is 0 Å². The van der Waals surface area contributed by atoms with E-state index in [9.17, 15) is 17.6 Å². The molecule has 1 aliphatic rings. The van der Waals surface area contributed by atoms with Crippen LogP contribution < -0.4 is 5.32 Å². The average molecular weight is 276 g/mol. The smallest absolute Gasteiger partial charge is 0.314 e. The molecule has 2 nitrogen and oxygen atoms in total. The molecule has 0 bridgehead atoms. The summed E-state index contributed by atoms with van der Waals surface area (Å²) in [5.41, 5.74) is -0.741. The standard InChI is InChI=1S/C13H16F4N2/c1-9(19-6-4-18-5-7-19)11-8-10(14)2-3-12(11)13(15,16)17/h2-3,8-9,18H,4-7H2,1H3/t9-/m1/s1. The molecule has 19 heavy (non-hydrogen) atoms. The number of hydrogen-bond acceptors (Lipinski definition) is 2. The summed E-state index contributed by atoms with van der Waals surface area (Å²) in [7, 11) is 0. The van der Waals surface area contributed by atoms with E-state index in [2.05, 4.69) is 5.32 Å². The van der Waals surface area contributed by atoms with Gasteiger partial charge in [0.05, 0.1) is 5.56 Å². The summed E-state index contributed by atoms with van der Waals surface area (Å²) >= 11 is 0. The van der Waals surface area contributed by atoms with E-state index in [1.807, 2.05) is 4.90 Å². The number of nitrogens with one attached hydrogen (secondary N) is 1. The van der Waals surface area contributed by atoms with Gasteiger partial charge in [-0.2, -0.15) is 13.2 Å². The minimum Gasteiger partial charge on any atom is -0.314 e. The topological polar surface area (TPSA) is 15.3 Å². The number of hydrogen-bond donors (Lipinski definition) is 1. The summed E-state index contributed by atoms with van der Waals surface area (Å²) in [6.45, 7) is 4.49. The lowest BCUT2D eigenvalue weighted by molar-refractivity contribution is -0.138. The molecule has 1 fully saturated rings. The molecule has 0 radical (unpaired) electrons. The second-order valence-electron chi connectivity index (χ2n) is 4.69. The maximum absolute atomic E-state index is 13.3. The van der Waals surface area contributed by atoms with Crippen LogP contribution in [0.1, 0.15) is 24.1 Å². The molecule has 2 rings (SSSR count). The molecule has 0 aliphatic carbocycles. The van der Waals surface area contributed by atoms with E-state index in [1.54, 1.807) is 6.92 Å². The van der Waals surface area contributed by atoms with Crippen LogP contribution >= 0.6 is 0 Å². The summed E-state index contributed by atoms with van der Waals surface area (Å²) in [6.07, 6.45) is -4.45. The van der Waals surface area contributed by atoms with E-state index in [0.717, 1.165) is 31.3 Å². The van der Waals surface area contributed by atoms with Gasteiger partial charge in [-0.05, 0) is 30.7 Å². The van der Waals surface area contributed by atoms with E-state index in [0.29, 0.717) is 13.1 Å². The number of rotatable bonds is 2. The second-order valence-corrected chi connectivity index (χ2v) is 4.69. The highest BCUT2D eigenvalue weighted by molar-refractivity contribution is 5.33. The van der Waals surface area contributed by atoms with Crippen LogP contribution in [0.2, 0.25) is 0 Å². The molecular formula is C13H16F4N2.